The van der Waals surface area contributed by atoms with E-state index in [1.165, 1.54) is 0 Å². The second-order valence-corrected chi connectivity index (χ2v) is 7.04. The fraction of sp³-hybridized carbons (Fsp3) is 0.474. The highest BCUT2D eigenvalue weighted by molar-refractivity contribution is 5.61. The van der Waals surface area contributed by atoms with Crippen molar-refractivity contribution < 1.29 is 9.47 Å². The molecular weight excluding hydrogens is 316 g/mol. The van der Waals surface area contributed by atoms with E-state index >= 15 is 0 Å². The van der Waals surface area contributed by atoms with Crippen LogP contribution in [-0.4, -0.2) is 41.4 Å². The number of nitrogen functional groups attached to an aromatic ring is 1. The summed E-state index contributed by atoms with van der Waals surface area (Å²) in [4.78, 5) is 11.7. The highest BCUT2D eigenvalue weighted by Gasteiger charge is 2.34. The predicted octanol–water partition coefficient (Wildman–Crippen LogP) is 2.88. The smallest absolute Gasteiger partial charge is 0.219 e. The third kappa shape index (κ3) is 3.54. The summed E-state index contributed by atoms with van der Waals surface area (Å²) in [7, 11) is 0. The largest absolute Gasteiger partial charge is 0.475 e. The maximum Gasteiger partial charge on any atom is 0.219 e. The van der Waals surface area contributed by atoms with Crippen LogP contribution in [0.3, 0.4) is 0 Å². The SMILES string of the molecule is CC(C)Oc1cc(N2CC3CCC(C2)O3)nc(-c2ccc(N)cc2)n1. The zero-order valence-corrected chi connectivity index (χ0v) is 14.7. The van der Waals surface area contributed by atoms with E-state index in [1.54, 1.807) is 0 Å². The summed E-state index contributed by atoms with van der Waals surface area (Å²) in [5.74, 6) is 2.16. The number of nitrogens with zero attached hydrogens (tertiary/aromatic N) is 3. The first-order valence-electron chi connectivity index (χ1n) is 8.89. The van der Waals surface area contributed by atoms with Crippen molar-refractivity contribution in [3.05, 3.63) is 30.3 Å². The summed E-state index contributed by atoms with van der Waals surface area (Å²) in [5, 5.41) is 0. The Morgan fingerprint density at radius 3 is 2.44 bits per heavy atom. The summed E-state index contributed by atoms with van der Waals surface area (Å²) in [6.45, 7) is 5.74. The van der Waals surface area contributed by atoms with Gasteiger partial charge in [0.15, 0.2) is 5.82 Å². The number of fused-ring (bicyclic) bond motifs is 2. The lowest BCUT2D eigenvalue weighted by Crippen LogP contribution is -2.43. The molecule has 2 bridgehead atoms. The van der Waals surface area contributed by atoms with Crippen LogP contribution in [0.1, 0.15) is 26.7 Å². The van der Waals surface area contributed by atoms with E-state index in [9.17, 15) is 0 Å². The van der Waals surface area contributed by atoms with Crippen molar-refractivity contribution in [2.75, 3.05) is 23.7 Å². The zero-order chi connectivity index (χ0) is 17.4. The summed E-state index contributed by atoms with van der Waals surface area (Å²) in [6, 6.07) is 9.55. The van der Waals surface area contributed by atoms with E-state index in [0.717, 1.165) is 43.0 Å². The maximum absolute atomic E-state index is 5.94. The van der Waals surface area contributed by atoms with Crippen molar-refractivity contribution in [1.29, 1.82) is 0 Å². The van der Waals surface area contributed by atoms with Crippen LogP contribution >= 0.6 is 0 Å². The summed E-state index contributed by atoms with van der Waals surface area (Å²) in [6.07, 6.45) is 2.94. The van der Waals surface area contributed by atoms with E-state index in [4.69, 9.17) is 20.2 Å². The van der Waals surface area contributed by atoms with Crippen molar-refractivity contribution in [2.45, 2.75) is 45.0 Å². The minimum atomic E-state index is 0.0582. The molecule has 2 saturated heterocycles. The van der Waals surface area contributed by atoms with Crippen LogP contribution in [0.25, 0.3) is 11.4 Å². The van der Waals surface area contributed by atoms with E-state index in [-0.39, 0.29) is 6.10 Å². The van der Waals surface area contributed by atoms with E-state index in [0.29, 0.717) is 23.9 Å². The monoisotopic (exact) mass is 340 g/mol. The molecule has 1 aromatic heterocycles. The van der Waals surface area contributed by atoms with Crippen molar-refractivity contribution >= 4 is 11.5 Å². The molecule has 0 radical (unpaired) electrons. The van der Waals surface area contributed by atoms with Gasteiger partial charge in [-0.1, -0.05) is 0 Å². The lowest BCUT2D eigenvalue weighted by molar-refractivity contribution is 0.0302. The molecule has 132 valence electrons. The molecule has 2 atom stereocenters. The Labute approximate surface area is 148 Å². The van der Waals surface area contributed by atoms with Crippen LogP contribution in [0.15, 0.2) is 30.3 Å². The second-order valence-electron chi connectivity index (χ2n) is 7.04. The van der Waals surface area contributed by atoms with Gasteiger partial charge in [-0.3, -0.25) is 0 Å². The van der Waals surface area contributed by atoms with Crippen LogP contribution in [0.5, 0.6) is 5.88 Å². The molecule has 4 rings (SSSR count). The van der Waals surface area contributed by atoms with Gasteiger partial charge in [0.05, 0.1) is 18.3 Å². The Kier molecular flexibility index (Phi) is 4.21. The first-order chi connectivity index (χ1) is 12.1. The minimum Gasteiger partial charge on any atom is -0.475 e. The first-order valence-corrected chi connectivity index (χ1v) is 8.89. The van der Waals surface area contributed by atoms with Gasteiger partial charge < -0.3 is 20.1 Å². The molecule has 2 fully saturated rings. The minimum absolute atomic E-state index is 0.0582. The molecule has 2 N–H and O–H groups in total. The van der Waals surface area contributed by atoms with Crippen molar-refractivity contribution in [3.8, 4) is 17.3 Å². The first kappa shape index (κ1) is 16.1. The van der Waals surface area contributed by atoms with Crippen molar-refractivity contribution in [2.24, 2.45) is 0 Å². The van der Waals surface area contributed by atoms with Crippen molar-refractivity contribution in [3.63, 3.8) is 0 Å². The molecule has 0 saturated carbocycles. The van der Waals surface area contributed by atoms with Gasteiger partial charge in [0.2, 0.25) is 5.88 Å². The number of benzene rings is 1. The highest BCUT2D eigenvalue weighted by Crippen LogP contribution is 2.31. The number of rotatable bonds is 4. The average molecular weight is 340 g/mol. The van der Waals surface area contributed by atoms with E-state index in [1.807, 2.05) is 44.2 Å². The Bertz CT molecular complexity index is 736. The van der Waals surface area contributed by atoms with E-state index < -0.39 is 0 Å². The number of ether oxygens (including phenoxy) is 2. The van der Waals surface area contributed by atoms with Gasteiger partial charge >= 0.3 is 0 Å². The van der Waals surface area contributed by atoms with E-state index in [2.05, 4.69) is 9.88 Å². The Hall–Kier alpha value is -2.34. The van der Waals surface area contributed by atoms with Crippen LogP contribution in [0.4, 0.5) is 11.5 Å². The number of hydrogen-bond acceptors (Lipinski definition) is 6. The molecular formula is C19H24N4O2. The normalized spacial score (nSPS) is 22.4. The van der Waals surface area contributed by atoms with Crippen LogP contribution in [0, 0.1) is 0 Å². The van der Waals surface area contributed by atoms with Crippen molar-refractivity contribution in [1.82, 2.24) is 9.97 Å². The van der Waals surface area contributed by atoms with Gasteiger partial charge in [0.1, 0.15) is 5.82 Å². The molecule has 6 nitrogen and oxygen atoms in total. The number of hydrogen-bond donors (Lipinski definition) is 1. The number of anilines is 2. The summed E-state index contributed by atoms with van der Waals surface area (Å²) >= 11 is 0. The van der Waals surface area contributed by atoms with Gasteiger partial charge in [-0.15, -0.1) is 0 Å². The molecule has 0 amide bonds. The van der Waals surface area contributed by atoms with Gasteiger partial charge in [-0.05, 0) is 51.0 Å². The lowest BCUT2D eigenvalue weighted by Gasteiger charge is -2.33. The maximum atomic E-state index is 5.94. The number of morpholine rings is 1. The predicted molar refractivity (Wildman–Crippen MR) is 97.8 cm³/mol. The van der Waals surface area contributed by atoms with Gasteiger partial charge in [0.25, 0.3) is 0 Å². The second kappa shape index (κ2) is 6.52. The van der Waals surface area contributed by atoms with Crippen LogP contribution in [-0.2, 0) is 4.74 Å². The molecule has 2 aliphatic heterocycles. The molecule has 1 aromatic carbocycles. The molecule has 3 heterocycles. The van der Waals surface area contributed by atoms with Crippen LogP contribution < -0.4 is 15.4 Å². The molecule has 2 unspecified atom stereocenters. The molecule has 25 heavy (non-hydrogen) atoms. The summed E-state index contributed by atoms with van der Waals surface area (Å²) < 4.78 is 11.8. The third-order valence-electron chi connectivity index (χ3n) is 4.58. The Morgan fingerprint density at radius 1 is 1.12 bits per heavy atom. The molecule has 6 heteroatoms. The number of nitrogens with two attached hydrogens (primary N) is 1. The van der Waals surface area contributed by atoms with Gasteiger partial charge in [-0.2, -0.15) is 4.98 Å². The Morgan fingerprint density at radius 2 is 1.80 bits per heavy atom. The molecule has 2 aliphatic rings. The quantitative estimate of drug-likeness (QED) is 0.863. The summed E-state index contributed by atoms with van der Waals surface area (Å²) in [5.41, 5.74) is 7.45. The molecule has 0 aliphatic carbocycles. The Balaban J connectivity index is 1.70. The average Bonchev–Trinajstić information content (AvgIpc) is 2.92. The highest BCUT2D eigenvalue weighted by atomic mass is 16.5. The van der Waals surface area contributed by atoms with Crippen LogP contribution in [0.2, 0.25) is 0 Å². The topological polar surface area (TPSA) is 73.5 Å². The fourth-order valence-corrected chi connectivity index (χ4v) is 3.44. The standard InChI is InChI=1S/C19H24N4O2/c1-12(2)24-18-9-17(23-10-15-7-8-16(11-23)25-15)21-19(22-18)13-3-5-14(20)6-4-13/h3-6,9,12,15-16H,7-8,10-11,20H2,1-2H3. The third-order valence-corrected chi connectivity index (χ3v) is 4.58. The van der Waals surface area contributed by atoms with Gasteiger partial charge in [-0.25, -0.2) is 4.98 Å². The number of aromatic nitrogens is 2. The zero-order valence-electron chi connectivity index (χ0n) is 14.7. The van der Waals surface area contributed by atoms with Gasteiger partial charge in [0, 0.05) is 30.4 Å². The lowest BCUT2D eigenvalue weighted by atomic mass is 10.2. The molecule has 0 spiro atoms. The fourth-order valence-electron chi connectivity index (χ4n) is 3.44. The molecule has 2 aromatic rings.